The van der Waals surface area contributed by atoms with Crippen molar-refractivity contribution in [2.45, 2.75) is 39.7 Å². The molecular weight excluding hydrogens is 272 g/mol. The van der Waals surface area contributed by atoms with Crippen LogP contribution in [0, 0.1) is 17.3 Å². The van der Waals surface area contributed by atoms with E-state index >= 15 is 0 Å². The van der Waals surface area contributed by atoms with E-state index in [4.69, 9.17) is 17.2 Å². The Bertz CT molecular complexity index is 420. The maximum absolute atomic E-state index is 12.7. The predicted molar refractivity (Wildman–Crippen MR) is 78.6 cm³/mol. The number of primary amides is 2. The molecule has 1 rings (SSSR count). The summed E-state index contributed by atoms with van der Waals surface area (Å²) < 4.78 is 0. The van der Waals surface area contributed by atoms with Gasteiger partial charge in [-0.15, -0.1) is 0 Å². The molecule has 0 aromatic rings. The summed E-state index contributed by atoms with van der Waals surface area (Å²) in [6.07, 6.45) is 1.37. The Balaban J connectivity index is 2.96. The van der Waals surface area contributed by atoms with Gasteiger partial charge >= 0.3 is 0 Å². The van der Waals surface area contributed by atoms with Crippen LogP contribution in [0.15, 0.2) is 0 Å². The van der Waals surface area contributed by atoms with E-state index < -0.39 is 11.8 Å². The highest BCUT2D eigenvalue weighted by atomic mass is 16.2. The van der Waals surface area contributed by atoms with E-state index in [0.717, 1.165) is 11.3 Å². The van der Waals surface area contributed by atoms with E-state index in [1.807, 2.05) is 20.8 Å². The Morgan fingerprint density at radius 3 is 2.00 bits per heavy atom. The molecule has 1 saturated carbocycles. The number of nitrogens with two attached hydrogens (primary N) is 3. The third-order valence-corrected chi connectivity index (χ3v) is 4.81. The Hall–Kier alpha value is -1.63. The minimum Gasteiger partial charge on any atom is -0.368 e. The molecule has 6 N–H and O–H groups in total. The predicted octanol–water partition coefficient (Wildman–Crippen LogP) is -0.815. The van der Waals surface area contributed by atoms with Gasteiger partial charge < -0.3 is 22.1 Å². The van der Waals surface area contributed by atoms with Gasteiger partial charge in [-0.2, -0.15) is 0 Å². The molecule has 21 heavy (non-hydrogen) atoms. The molecule has 0 heterocycles. The average molecular weight is 298 g/mol. The Morgan fingerprint density at radius 1 is 1.10 bits per heavy atom. The van der Waals surface area contributed by atoms with Gasteiger partial charge in [0.2, 0.25) is 17.7 Å². The molecule has 7 nitrogen and oxygen atoms in total. The zero-order chi connectivity index (χ0) is 16.4. The van der Waals surface area contributed by atoms with Crippen LogP contribution in [-0.4, -0.2) is 41.8 Å². The first-order chi connectivity index (χ1) is 9.57. The molecule has 0 spiro atoms. The van der Waals surface area contributed by atoms with Crippen molar-refractivity contribution in [3.63, 3.8) is 0 Å². The minimum atomic E-state index is -0.664. The molecule has 3 amide bonds. The van der Waals surface area contributed by atoms with E-state index in [1.54, 1.807) is 0 Å². The summed E-state index contributed by atoms with van der Waals surface area (Å²) in [5.74, 6) is -1.72. The van der Waals surface area contributed by atoms with Gasteiger partial charge in [-0.1, -0.05) is 20.8 Å². The van der Waals surface area contributed by atoms with Crippen LogP contribution in [0.25, 0.3) is 0 Å². The van der Waals surface area contributed by atoms with Gasteiger partial charge in [0, 0.05) is 12.0 Å². The summed E-state index contributed by atoms with van der Waals surface area (Å²) in [6.45, 7) is 5.41. The maximum atomic E-state index is 12.7. The van der Waals surface area contributed by atoms with Crippen molar-refractivity contribution in [1.82, 2.24) is 4.90 Å². The first-order valence-corrected chi connectivity index (χ1v) is 7.18. The van der Waals surface area contributed by atoms with E-state index in [0.29, 0.717) is 6.42 Å². The second kappa shape index (κ2) is 6.43. The van der Waals surface area contributed by atoms with Crippen LogP contribution in [0.5, 0.6) is 0 Å². The molecule has 120 valence electrons. The van der Waals surface area contributed by atoms with Crippen molar-refractivity contribution >= 4 is 17.7 Å². The zero-order valence-electron chi connectivity index (χ0n) is 13.0. The molecule has 7 heteroatoms. The quantitative estimate of drug-likeness (QED) is 0.612. The number of amides is 3. The third kappa shape index (κ3) is 3.93. The highest BCUT2D eigenvalue weighted by Gasteiger charge is 2.46. The van der Waals surface area contributed by atoms with Crippen molar-refractivity contribution in [1.29, 1.82) is 0 Å². The normalized spacial score (nSPS) is 27.9. The fourth-order valence-electron chi connectivity index (χ4n) is 3.10. The van der Waals surface area contributed by atoms with Gasteiger partial charge in [0.25, 0.3) is 0 Å². The summed E-state index contributed by atoms with van der Waals surface area (Å²) in [5, 5.41) is 0. The van der Waals surface area contributed by atoms with Gasteiger partial charge in [-0.3, -0.25) is 14.4 Å². The molecule has 1 aliphatic rings. The summed E-state index contributed by atoms with van der Waals surface area (Å²) in [6, 6.07) is 0.0461. The van der Waals surface area contributed by atoms with Gasteiger partial charge in [-0.05, 0) is 24.2 Å². The van der Waals surface area contributed by atoms with Crippen molar-refractivity contribution in [3.8, 4) is 0 Å². The standard InChI is InChI=1S/C14H26N4O3/c1-8-10(15)5-4-9(14(8,2)3)13(21)18(6-11(16)19)7-12(17)20/h8-10H,4-7,15H2,1-3H3,(H2,16,19)(H2,17,20). The number of carbonyl (C=O) groups excluding carboxylic acids is 3. The van der Waals surface area contributed by atoms with Gasteiger partial charge in [0.1, 0.15) is 0 Å². The molecule has 1 aliphatic carbocycles. The van der Waals surface area contributed by atoms with Gasteiger partial charge in [-0.25, -0.2) is 0 Å². The Morgan fingerprint density at radius 2 is 1.57 bits per heavy atom. The first-order valence-electron chi connectivity index (χ1n) is 7.18. The third-order valence-electron chi connectivity index (χ3n) is 4.81. The van der Waals surface area contributed by atoms with Crippen molar-refractivity contribution in [2.24, 2.45) is 34.5 Å². The van der Waals surface area contributed by atoms with Crippen molar-refractivity contribution < 1.29 is 14.4 Å². The number of hydrogen-bond donors (Lipinski definition) is 3. The van der Waals surface area contributed by atoms with E-state index in [-0.39, 0.29) is 42.3 Å². The number of carbonyl (C=O) groups is 3. The van der Waals surface area contributed by atoms with Crippen LogP contribution < -0.4 is 17.2 Å². The minimum absolute atomic E-state index is 0.0461. The summed E-state index contributed by atoms with van der Waals surface area (Å²) >= 11 is 0. The first kappa shape index (κ1) is 17.4. The lowest BCUT2D eigenvalue weighted by atomic mass is 9.60. The SMILES string of the molecule is CC1C(N)CCC(C(=O)N(CC(N)=O)CC(N)=O)C1(C)C. The number of rotatable bonds is 5. The molecule has 3 atom stereocenters. The topological polar surface area (TPSA) is 133 Å². The van der Waals surface area contributed by atoms with Crippen LogP contribution in [0.2, 0.25) is 0 Å². The summed E-state index contributed by atoms with van der Waals surface area (Å²) in [7, 11) is 0. The second-order valence-corrected chi connectivity index (χ2v) is 6.53. The van der Waals surface area contributed by atoms with Crippen LogP contribution in [-0.2, 0) is 14.4 Å². The summed E-state index contributed by atoms with van der Waals surface area (Å²) in [4.78, 5) is 36.1. The monoisotopic (exact) mass is 298 g/mol. The van der Waals surface area contributed by atoms with Crippen LogP contribution in [0.4, 0.5) is 0 Å². The van der Waals surface area contributed by atoms with Gasteiger partial charge in [0.15, 0.2) is 0 Å². The van der Waals surface area contributed by atoms with E-state index in [1.165, 1.54) is 0 Å². The highest BCUT2D eigenvalue weighted by molar-refractivity contribution is 5.89. The summed E-state index contributed by atoms with van der Waals surface area (Å²) in [5.41, 5.74) is 16.1. The Labute approximate surface area is 125 Å². The lowest BCUT2D eigenvalue weighted by Gasteiger charge is -2.47. The number of hydrogen-bond acceptors (Lipinski definition) is 4. The lowest BCUT2D eigenvalue weighted by Crippen LogP contribution is -2.54. The van der Waals surface area contributed by atoms with Crippen LogP contribution >= 0.6 is 0 Å². The fourth-order valence-corrected chi connectivity index (χ4v) is 3.10. The van der Waals surface area contributed by atoms with E-state index in [2.05, 4.69) is 0 Å². The molecular formula is C14H26N4O3. The molecule has 0 bridgehead atoms. The average Bonchev–Trinajstić information content (AvgIpc) is 2.33. The number of nitrogens with zero attached hydrogens (tertiary/aromatic N) is 1. The van der Waals surface area contributed by atoms with Crippen LogP contribution in [0.3, 0.4) is 0 Å². The molecule has 3 unspecified atom stereocenters. The zero-order valence-corrected chi connectivity index (χ0v) is 13.0. The Kier molecular flexibility index (Phi) is 5.33. The fraction of sp³-hybridized carbons (Fsp3) is 0.786. The maximum Gasteiger partial charge on any atom is 0.237 e. The smallest absolute Gasteiger partial charge is 0.237 e. The highest BCUT2D eigenvalue weighted by Crippen LogP contribution is 2.45. The van der Waals surface area contributed by atoms with Crippen molar-refractivity contribution in [3.05, 3.63) is 0 Å². The molecule has 1 fully saturated rings. The molecule has 0 aliphatic heterocycles. The van der Waals surface area contributed by atoms with Gasteiger partial charge in [0.05, 0.1) is 13.1 Å². The molecule has 0 saturated heterocycles. The van der Waals surface area contributed by atoms with Crippen molar-refractivity contribution in [2.75, 3.05) is 13.1 Å². The largest absolute Gasteiger partial charge is 0.368 e. The molecule has 0 radical (unpaired) electrons. The second-order valence-electron chi connectivity index (χ2n) is 6.53. The van der Waals surface area contributed by atoms with E-state index in [9.17, 15) is 14.4 Å². The van der Waals surface area contributed by atoms with Crippen LogP contribution in [0.1, 0.15) is 33.6 Å². The lowest BCUT2D eigenvalue weighted by molar-refractivity contribution is -0.147. The molecule has 0 aromatic carbocycles. The molecule has 0 aromatic heterocycles.